The molecule has 124 valence electrons. The lowest BCUT2D eigenvalue weighted by atomic mass is 10.1. The Morgan fingerprint density at radius 2 is 1.67 bits per heavy atom. The van der Waals surface area contributed by atoms with Crippen molar-refractivity contribution >= 4 is 11.9 Å². The van der Waals surface area contributed by atoms with Crippen LogP contribution in [0, 0.1) is 0 Å². The Morgan fingerprint density at radius 1 is 1.00 bits per heavy atom. The number of amides is 3. The molecule has 24 heavy (non-hydrogen) atoms. The third kappa shape index (κ3) is 3.32. The number of ether oxygens (including phenoxy) is 2. The maximum Gasteiger partial charge on any atom is 0.325 e. The number of benzene rings is 2. The van der Waals surface area contributed by atoms with Gasteiger partial charge in [-0.2, -0.15) is 0 Å². The number of nitrogens with zero attached hydrogens (tertiary/aromatic N) is 1. The van der Waals surface area contributed by atoms with E-state index >= 15 is 0 Å². The third-order valence-electron chi connectivity index (χ3n) is 3.80. The SMILES string of the molecule is COc1ccc(OCCN2C(=O)NC(c3ccccc3)C2=O)cc1. The minimum Gasteiger partial charge on any atom is -0.497 e. The Morgan fingerprint density at radius 3 is 2.33 bits per heavy atom. The summed E-state index contributed by atoms with van der Waals surface area (Å²) in [4.78, 5) is 25.6. The van der Waals surface area contributed by atoms with Gasteiger partial charge in [-0.25, -0.2) is 4.79 Å². The summed E-state index contributed by atoms with van der Waals surface area (Å²) in [6, 6.07) is 15.3. The van der Waals surface area contributed by atoms with Crippen LogP contribution in [0.1, 0.15) is 11.6 Å². The van der Waals surface area contributed by atoms with E-state index in [9.17, 15) is 9.59 Å². The summed E-state index contributed by atoms with van der Waals surface area (Å²) in [7, 11) is 1.59. The number of hydrogen-bond acceptors (Lipinski definition) is 4. The lowest BCUT2D eigenvalue weighted by molar-refractivity contribution is -0.127. The lowest BCUT2D eigenvalue weighted by Crippen LogP contribution is -2.34. The molecule has 0 bridgehead atoms. The van der Waals surface area contributed by atoms with Crippen LogP contribution in [0.2, 0.25) is 0 Å². The first kappa shape index (κ1) is 15.9. The summed E-state index contributed by atoms with van der Waals surface area (Å²) in [5.41, 5.74) is 0.773. The van der Waals surface area contributed by atoms with E-state index in [1.165, 1.54) is 4.90 Å². The van der Waals surface area contributed by atoms with Crippen molar-refractivity contribution < 1.29 is 19.1 Å². The van der Waals surface area contributed by atoms with Gasteiger partial charge in [-0.15, -0.1) is 0 Å². The van der Waals surface area contributed by atoms with Gasteiger partial charge in [0.05, 0.1) is 13.7 Å². The van der Waals surface area contributed by atoms with Crippen LogP contribution < -0.4 is 14.8 Å². The second-order valence-electron chi connectivity index (χ2n) is 5.31. The van der Waals surface area contributed by atoms with Gasteiger partial charge in [-0.1, -0.05) is 30.3 Å². The number of rotatable bonds is 6. The molecule has 2 aromatic rings. The largest absolute Gasteiger partial charge is 0.497 e. The molecule has 0 saturated carbocycles. The Balaban J connectivity index is 1.57. The van der Waals surface area contributed by atoms with E-state index in [-0.39, 0.29) is 19.1 Å². The maximum absolute atomic E-state index is 12.4. The van der Waals surface area contributed by atoms with Gasteiger partial charge < -0.3 is 14.8 Å². The molecule has 0 spiro atoms. The molecule has 1 atom stereocenters. The standard InChI is InChI=1S/C18H18N2O4/c1-23-14-7-9-15(10-8-14)24-12-11-20-17(21)16(19-18(20)22)13-5-3-2-4-6-13/h2-10,16H,11-12H2,1H3,(H,19,22). The number of imide groups is 1. The molecule has 0 aliphatic carbocycles. The molecular formula is C18H18N2O4. The minimum atomic E-state index is -0.625. The summed E-state index contributed by atoms with van der Waals surface area (Å²) in [5, 5.41) is 2.70. The highest BCUT2D eigenvalue weighted by molar-refractivity contribution is 6.04. The van der Waals surface area contributed by atoms with Gasteiger partial charge in [0.2, 0.25) is 0 Å². The van der Waals surface area contributed by atoms with Gasteiger partial charge in [-0.05, 0) is 29.8 Å². The molecule has 1 aliphatic heterocycles. The van der Waals surface area contributed by atoms with Crippen LogP contribution in [0.3, 0.4) is 0 Å². The summed E-state index contributed by atoms with van der Waals surface area (Å²) in [6.45, 7) is 0.424. The molecular weight excluding hydrogens is 308 g/mol. The van der Waals surface area contributed by atoms with Gasteiger partial charge in [0.25, 0.3) is 5.91 Å². The van der Waals surface area contributed by atoms with Crippen molar-refractivity contribution in [1.82, 2.24) is 10.2 Å². The second-order valence-corrected chi connectivity index (χ2v) is 5.31. The quantitative estimate of drug-likeness (QED) is 0.828. The van der Waals surface area contributed by atoms with Crippen molar-refractivity contribution in [3.05, 3.63) is 60.2 Å². The first-order chi connectivity index (χ1) is 11.7. The van der Waals surface area contributed by atoms with E-state index in [1.54, 1.807) is 31.4 Å². The van der Waals surface area contributed by atoms with E-state index in [2.05, 4.69) is 5.32 Å². The Labute approximate surface area is 140 Å². The average molecular weight is 326 g/mol. The van der Waals surface area contributed by atoms with Crippen LogP contribution in [-0.4, -0.2) is 37.1 Å². The number of carbonyl (C=O) groups excluding carboxylic acids is 2. The van der Waals surface area contributed by atoms with Gasteiger partial charge in [0.1, 0.15) is 24.1 Å². The highest BCUT2D eigenvalue weighted by Gasteiger charge is 2.38. The summed E-state index contributed by atoms with van der Waals surface area (Å²) in [5.74, 6) is 1.13. The minimum absolute atomic E-state index is 0.194. The first-order valence-corrected chi connectivity index (χ1v) is 7.62. The molecule has 0 aromatic heterocycles. The van der Waals surface area contributed by atoms with E-state index in [4.69, 9.17) is 9.47 Å². The Bertz CT molecular complexity index is 716. The van der Waals surface area contributed by atoms with Crippen LogP contribution in [0.25, 0.3) is 0 Å². The van der Waals surface area contributed by atoms with Crippen LogP contribution in [-0.2, 0) is 4.79 Å². The van der Waals surface area contributed by atoms with Gasteiger partial charge >= 0.3 is 6.03 Å². The maximum atomic E-state index is 12.4. The molecule has 6 nitrogen and oxygen atoms in total. The van der Waals surface area contributed by atoms with Crippen LogP contribution in [0.15, 0.2) is 54.6 Å². The summed E-state index contributed by atoms with van der Waals surface area (Å²) in [6.07, 6.45) is 0. The smallest absolute Gasteiger partial charge is 0.325 e. The zero-order valence-electron chi connectivity index (χ0n) is 13.3. The second kappa shape index (κ2) is 7.04. The monoisotopic (exact) mass is 326 g/mol. The number of nitrogens with one attached hydrogen (secondary N) is 1. The van der Waals surface area contributed by atoms with Gasteiger partial charge in [-0.3, -0.25) is 9.69 Å². The summed E-state index contributed by atoms with van der Waals surface area (Å²) >= 11 is 0. The van der Waals surface area contributed by atoms with E-state index in [1.807, 2.05) is 30.3 Å². The highest BCUT2D eigenvalue weighted by Crippen LogP contribution is 2.22. The van der Waals surface area contributed by atoms with Gasteiger partial charge in [0, 0.05) is 0 Å². The third-order valence-corrected chi connectivity index (χ3v) is 3.80. The number of urea groups is 1. The number of hydrogen-bond donors (Lipinski definition) is 1. The molecule has 1 N–H and O–H groups in total. The highest BCUT2D eigenvalue weighted by atomic mass is 16.5. The molecule has 3 rings (SSSR count). The molecule has 1 fully saturated rings. The van der Waals surface area contributed by atoms with E-state index in [0.29, 0.717) is 5.75 Å². The Kier molecular flexibility index (Phi) is 4.65. The van der Waals surface area contributed by atoms with Crippen LogP contribution in [0.4, 0.5) is 4.79 Å². The number of carbonyl (C=O) groups is 2. The van der Waals surface area contributed by atoms with Crippen molar-refractivity contribution in [2.24, 2.45) is 0 Å². The van der Waals surface area contributed by atoms with Crippen LogP contribution >= 0.6 is 0 Å². The summed E-state index contributed by atoms with van der Waals surface area (Å²) < 4.78 is 10.7. The molecule has 1 aliphatic rings. The van der Waals surface area contributed by atoms with Gasteiger partial charge in [0.15, 0.2) is 0 Å². The normalized spacial score (nSPS) is 16.9. The predicted molar refractivity (Wildman–Crippen MR) is 87.9 cm³/mol. The topological polar surface area (TPSA) is 67.9 Å². The number of methoxy groups -OCH3 is 1. The van der Waals surface area contributed by atoms with Crippen LogP contribution in [0.5, 0.6) is 11.5 Å². The van der Waals surface area contributed by atoms with Crippen molar-refractivity contribution in [2.45, 2.75) is 6.04 Å². The molecule has 3 amide bonds. The molecule has 1 saturated heterocycles. The lowest BCUT2D eigenvalue weighted by Gasteiger charge is -2.14. The molecule has 1 unspecified atom stereocenters. The zero-order valence-corrected chi connectivity index (χ0v) is 13.3. The average Bonchev–Trinajstić information content (AvgIpc) is 2.91. The predicted octanol–water partition coefficient (Wildman–Crippen LogP) is 2.37. The van der Waals surface area contributed by atoms with Crippen molar-refractivity contribution in [2.75, 3.05) is 20.3 Å². The fourth-order valence-corrected chi connectivity index (χ4v) is 2.53. The van der Waals surface area contributed by atoms with Crippen molar-refractivity contribution in [3.8, 4) is 11.5 Å². The molecule has 2 aromatic carbocycles. The molecule has 6 heteroatoms. The Hall–Kier alpha value is -3.02. The molecule has 1 heterocycles. The fraction of sp³-hybridized carbons (Fsp3) is 0.222. The van der Waals surface area contributed by atoms with Crippen molar-refractivity contribution in [1.29, 1.82) is 0 Å². The van der Waals surface area contributed by atoms with E-state index in [0.717, 1.165) is 11.3 Å². The molecule has 0 radical (unpaired) electrons. The first-order valence-electron chi connectivity index (χ1n) is 7.62. The zero-order chi connectivity index (χ0) is 16.9. The van der Waals surface area contributed by atoms with Crippen molar-refractivity contribution in [3.63, 3.8) is 0 Å². The van der Waals surface area contributed by atoms with E-state index < -0.39 is 12.1 Å². The fourth-order valence-electron chi connectivity index (χ4n) is 2.53.